The van der Waals surface area contributed by atoms with Gasteiger partial charge in [0.25, 0.3) is 0 Å². The average molecular weight is 412 g/mol. The molecule has 0 atom stereocenters. The van der Waals surface area contributed by atoms with Gasteiger partial charge >= 0.3 is 12.8 Å². The van der Waals surface area contributed by atoms with E-state index in [4.69, 9.17) is 0 Å². The zero-order chi connectivity index (χ0) is 20.0. The number of hydrogen-bond acceptors (Lipinski definition) is 4. The average Bonchev–Trinajstić information content (AvgIpc) is 3.05. The number of ether oxygens (including phenoxy) is 1. The first-order valence-corrected chi connectivity index (χ1v) is 8.27. The van der Waals surface area contributed by atoms with Crippen molar-refractivity contribution in [1.82, 2.24) is 15.6 Å². The van der Waals surface area contributed by atoms with E-state index >= 15 is 0 Å². The zero-order valence-corrected chi connectivity index (χ0v) is 14.6. The first kappa shape index (κ1) is 20.8. The Morgan fingerprint density at radius 1 is 1.26 bits per heavy atom. The molecule has 0 saturated carbocycles. The van der Waals surface area contributed by atoms with Gasteiger partial charge in [0.1, 0.15) is 16.6 Å². The van der Waals surface area contributed by atoms with E-state index in [1.807, 2.05) is 0 Å². The van der Waals surface area contributed by atoms with Crippen molar-refractivity contribution in [3.8, 4) is 5.75 Å². The lowest BCUT2D eigenvalue weighted by molar-refractivity contribution is -0.140. The summed E-state index contributed by atoms with van der Waals surface area (Å²) < 4.78 is 80.5. The van der Waals surface area contributed by atoms with Crippen molar-refractivity contribution in [2.24, 2.45) is 4.99 Å². The maximum absolute atomic E-state index is 13.9. The highest BCUT2D eigenvalue weighted by molar-refractivity contribution is 7.09. The number of thiazole rings is 1. The predicted octanol–water partition coefficient (Wildman–Crippen LogP) is 3.77. The van der Waals surface area contributed by atoms with Crippen LogP contribution in [0.1, 0.15) is 16.3 Å². The first-order chi connectivity index (χ1) is 12.7. The highest BCUT2D eigenvalue weighted by atomic mass is 32.1. The molecule has 2 N–H and O–H groups in total. The van der Waals surface area contributed by atoms with Crippen molar-refractivity contribution in [3.63, 3.8) is 0 Å². The summed E-state index contributed by atoms with van der Waals surface area (Å²) in [7, 11) is 1.39. The fraction of sp³-hybridized carbons (Fsp3) is 0.333. The van der Waals surface area contributed by atoms with Crippen molar-refractivity contribution in [3.05, 3.63) is 45.7 Å². The number of guanidine groups is 1. The predicted molar refractivity (Wildman–Crippen MR) is 87.2 cm³/mol. The molecule has 1 heterocycles. The van der Waals surface area contributed by atoms with Crippen LogP contribution in [0.3, 0.4) is 0 Å². The van der Waals surface area contributed by atoms with E-state index in [0.29, 0.717) is 0 Å². The maximum atomic E-state index is 13.9. The Morgan fingerprint density at radius 3 is 2.56 bits per heavy atom. The Balaban J connectivity index is 1.98. The third-order valence-corrected chi connectivity index (χ3v) is 4.05. The standard InChI is InChI=1S/C15H14F6N4OS/c1-22-14(24-6-12-25-11(7-27-12)15(19,20)21)23-5-8-9(16)3-2-4-10(8)26-13(17)18/h2-4,7,13H,5-6H2,1H3,(H2,22,23,24). The first-order valence-electron chi connectivity index (χ1n) is 7.39. The van der Waals surface area contributed by atoms with Crippen LogP contribution in [0.25, 0.3) is 0 Å². The van der Waals surface area contributed by atoms with Gasteiger partial charge in [-0.15, -0.1) is 11.3 Å². The van der Waals surface area contributed by atoms with Gasteiger partial charge in [-0.05, 0) is 12.1 Å². The molecule has 5 nitrogen and oxygen atoms in total. The molecule has 12 heteroatoms. The fourth-order valence-corrected chi connectivity index (χ4v) is 2.73. The number of rotatable bonds is 6. The number of aromatic nitrogens is 1. The summed E-state index contributed by atoms with van der Waals surface area (Å²) in [6.07, 6.45) is -4.53. The van der Waals surface area contributed by atoms with Crippen molar-refractivity contribution in [2.45, 2.75) is 25.9 Å². The van der Waals surface area contributed by atoms with Crippen LogP contribution in [0.5, 0.6) is 5.75 Å². The van der Waals surface area contributed by atoms with Gasteiger partial charge in [-0.25, -0.2) is 9.37 Å². The highest BCUT2D eigenvalue weighted by Gasteiger charge is 2.33. The Morgan fingerprint density at radius 2 is 1.96 bits per heavy atom. The van der Waals surface area contributed by atoms with E-state index in [-0.39, 0.29) is 35.4 Å². The second kappa shape index (κ2) is 8.93. The quantitative estimate of drug-likeness (QED) is 0.431. The van der Waals surface area contributed by atoms with E-state index in [9.17, 15) is 26.3 Å². The van der Waals surface area contributed by atoms with Crippen LogP contribution in [0, 0.1) is 5.82 Å². The fourth-order valence-electron chi connectivity index (χ4n) is 1.99. The van der Waals surface area contributed by atoms with E-state index in [2.05, 4.69) is 25.3 Å². The third kappa shape index (κ3) is 6.01. The topological polar surface area (TPSA) is 58.5 Å². The molecule has 0 saturated heterocycles. The molecule has 0 unspecified atom stereocenters. The van der Waals surface area contributed by atoms with E-state index in [1.54, 1.807) is 0 Å². The molecule has 0 amide bonds. The Labute approximate surface area is 154 Å². The SMILES string of the molecule is CN=C(NCc1nc(C(F)(F)F)cs1)NCc1c(F)cccc1OC(F)F. The van der Waals surface area contributed by atoms with Crippen molar-refractivity contribution in [2.75, 3.05) is 7.05 Å². The largest absolute Gasteiger partial charge is 0.434 e. The van der Waals surface area contributed by atoms with Gasteiger partial charge in [0.05, 0.1) is 6.54 Å². The lowest BCUT2D eigenvalue weighted by atomic mass is 10.2. The summed E-state index contributed by atoms with van der Waals surface area (Å²) in [6.45, 7) is -3.41. The monoisotopic (exact) mass is 412 g/mol. The summed E-state index contributed by atoms with van der Waals surface area (Å²) in [4.78, 5) is 7.28. The van der Waals surface area contributed by atoms with Crippen LogP contribution in [-0.2, 0) is 19.3 Å². The number of benzene rings is 1. The van der Waals surface area contributed by atoms with Crippen LogP contribution >= 0.6 is 11.3 Å². The molecule has 0 aliphatic heterocycles. The molecule has 2 aromatic rings. The summed E-state index contributed by atoms with van der Waals surface area (Å²) in [6, 6.07) is 3.50. The second-order valence-corrected chi connectivity index (χ2v) is 5.94. The molecule has 1 aromatic heterocycles. The highest BCUT2D eigenvalue weighted by Crippen LogP contribution is 2.30. The normalized spacial score (nSPS) is 12.4. The minimum absolute atomic E-state index is 0.0575. The number of aliphatic imine (C=N–C) groups is 1. The van der Waals surface area contributed by atoms with Crippen molar-refractivity contribution in [1.29, 1.82) is 0 Å². The second-order valence-electron chi connectivity index (χ2n) is 5.00. The number of alkyl halides is 5. The van der Waals surface area contributed by atoms with Crippen molar-refractivity contribution < 1.29 is 31.1 Å². The minimum atomic E-state index is -4.53. The molecule has 0 spiro atoms. The number of nitrogens with zero attached hydrogens (tertiary/aromatic N) is 2. The van der Waals surface area contributed by atoms with Gasteiger partial charge in [-0.2, -0.15) is 22.0 Å². The Bertz CT molecular complexity index is 793. The molecule has 0 fully saturated rings. The molecule has 1 aromatic carbocycles. The van der Waals surface area contributed by atoms with E-state index in [1.165, 1.54) is 19.2 Å². The summed E-state index contributed by atoms with van der Waals surface area (Å²) in [5, 5.41) is 6.44. The maximum Gasteiger partial charge on any atom is 0.434 e. The molecular weight excluding hydrogens is 398 g/mol. The smallest absolute Gasteiger partial charge is 0.434 e. The van der Waals surface area contributed by atoms with Gasteiger partial charge in [0.2, 0.25) is 0 Å². The van der Waals surface area contributed by atoms with Gasteiger partial charge in [0.15, 0.2) is 11.7 Å². The summed E-state index contributed by atoms with van der Waals surface area (Å²) in [5.41, 5.74) is -1.14. The zero-order valence-electron chi connectivity index (χ0n) is 13.8. The van der Waals surface area contributed by atoms with Crippen LogP contribution in [0.15, 0.2) is 28.6 Å². The van der Waals surface area contributed by atoms with Crippen LogP contribution < -0.4 is 15.4 Å². The number of hydrogen-bond donors (Lipinski definition) is 2. The molecule has 0 bridgehead atoms. The van der Waals surface area contributed by atoms with Crippen LogP contribution in [-0.4, -0.2) is 24.6 Å². The van der Waals surface area contributed by atoms with Gasteiger partial charge in [0, 0.05) is 24.5 Å². The molecule has 2 rings (SSSR count). The van der Waals surface area contributed by atoms with Gasteiger partial charge < -0.3 is 15.4 Å². The molecule has 0 aliphatic carbocycles. The third-order valence-electron chi connectivity index (χ3n) is 3.20. The van der Waals surface area contributed by atoms with E-state index < -0.39 is 24.3 Å². The van der Waals surface area contributed by atoms with Gasteiger partial charge in [-0.1, -0.05) is 6.07 Å². The molecular formula is C15H14F6N4OS. The van der Waals surface area contributed by atoms with Crippen LogP contribution in [0.4, 0.5) is 26.3 Å². The van der Waals surface area contributed by atoms with Crippen molar-refractivity contribution >= 4 is 17.3 Å². The number of halogens is 6. The summed E-state index contributed by atoms with van der Waals surface area (Å²) in [5.74, 6) is -0.974. The van der Waals surface area contributed by atoms with Crippen LogP contribution in [0.2, 0.25) is 0 Å². The summed E-state index contributed by atoms with van der Waals surface area (Å²) >= 11 is 0.815. The van der Waals surface area contributed by atoms with E-state index in [0.717, 1.165) is 22.8 Å². The number of nitrogens with one attached hydrogen (secondary N) is 2. The molecule has 0 aliphatic rings. The Hall–Kier alpha value is -2.50. The molecule has 148 valence electrons. The molecule has 0 radical (unpaired) electrons. The Kier molecular flexibility index (Phi) is 6.88. The lowest BCUT2D eigenvalue weighted by Crippen LogP contribution is -2.36. The lowest BCUT2D eigenvalue weighted by Gasteiger charge is -2.14. The minimum Gasteiger partial charge on any atom is -0.434 e. The van der Waals surface area contributed by atoms with Gasteiger partial charge in [-0.3, -0.25) is 4.99 Å². The molecule has 27 heavy (non-hydrogen) atoms.